The third-order valence-corrected chi connectivity index (χ3v) is 6.49. The molecular weight excluding hydrogens is 416 g/mol. The lowest BCUT2D eigenvalue weighted by Crippen LogP contribution is -2.41. The third kappa shape index (κ3) is 4.34. The van der Waals surface area contributed by atoms with Crippen LogP contribution >= 0.6 is 11.3 Å². The summed E-state index contributed by atoms with van der Waals surface area (Å²) in [5.41, 5.74) is 2.24. The molecule has 1 saturated heterocycles. The summed E-state index contributed by atoms with van der Waals surface area (Å²) in [7, 11) is 0. The van der Waals surface area contributed by atoms with Crippen molar-refractivity contribution in [1.29, 1.82) is 0 Å². The van der Waals surface area contributed by atoms with E-state index in [2.05, 4.69) is 0 Å². The van der Waals surface area contributed by atoms with E-state index in [9.17, 15) is 14.4 Å². The molecule has 0 spiro atoms. The van der Waals surface area contributed by atoms with Crippen molar-refractivity contribution in [2.45, 2.75) is 39.3 Å². The van der Waals surface area contributed by atoms with Gasteiger partial charge in [-0.1, -0.05) is 6.07 Å². The standard InChI is InChI=1S/C23H24N2O5S/c1-15-12-18(16(2)25(15)13-17-6-4-10-29-17)20(26)14-30-23(28)19-7-3-9-24(19)22(27)21-8-5-11-31-21/h4-6,8,10-12,19H,3,7,9,13-14H2,1-2H3/t19-/m0/s1. The number of aryl methyl sites for hydroxylation is 1. The van der Waals surface area contributed by atoms with Crippen LogP contribution in [0.3, 0.4) is 0 Å². The quantitative estimate of drug-likeness (QED) is 0.412. The Bertz CT molecular complexity index is 1080. The number of carbonyl (C=O) groups is 3. The summed E-state index contributed by atoms with van der Waals surface area (Å²) in [6, 6.07) is 8.42. The molecule has 1 fully saturated rings. The number of ether oxygens (including phenoxy) is 1. The van der Waals surface area contributed by atoms with Gasteiger partial charge >= 0.3 is 5.97 Å². The number of nitrogens with zero attached hydrogens (tertiary/aromatic N) is 2. The molecule has 1 atom stereocenters. The van der Waals surface area contributed by atoms with Crippen molar-refractivity contribution in [3.63, 3.8) is 0 Å². The number of rotatable bonds is 7. The van der Waals surface area contributed by atoms with E-state index in [4.69, 9.17) is 9.15 Å². The van der Waals surface area contributed by atoms with Crippen LogP contribution < -0.4 is 0 Å². The molecule has 0 aromatic carbocycles. The number of hydrogen-bond acceptors (Lipinski definition) is 6. The number of carbonyl (C=O) groups excluding carboxylic acids is 3. The topological polar surface area (TPSA) is 81.8 Å². The maximum absolute atomic E-state index is 12.8. The van der Waals surface area contributed by atoms with E-state index in [0.29, 0.717) is 30.0 Å². The Morgan fingerprint density at radius 2 is 2.06 bits per heavy atom. The summed E-state index contributed by atoms with van der Waals surface area (Å²) in [6.07, 6.45) is 2.89. The molecule has 3 aromatic rings. The lowest BCUT2D eigenvalue weighted by Gasteiger charge is -2.22. The fourth-order valence-corrected chi connectivity index (χ4v) is 4.67. The number of aromatic nitrogens is 1. The molecule has 0 unspecified atom stereocenters. The van der Waals surface area contributed by atoms with Crippen LogP contribution in [-0.2, 0) is 16.1 Å². The number of Topliss-reactive ketones (excluding diaryl/α,β-unsaturated/α-hetero) is 1. The van der Waals surface area contributed by atoms with E-state index in [-0.39, 0.29) is 18.3 Å². The molecule has 0 radical (unpaired) electrons. The van der Waals surface area contributed by atoms with Gasteiger partial charge in [0.1, 0.15) is 11.8 Å². The van der Waals surface area contributed by atoms with Gasteiger partial charge < -0.3 is 18.6 Å². The van der Waals surface area contributed by atoms with Gasteiger partial charge in [-0.15, -0.1) is 11.3 Å². The first-order valence-corrected chi connectivity index (χ1v) is 11.1. The van der Waals surface area contributed by atoms with Gasteiger partial charge in [-0.2, -0.15) is 0 Å². The van der Waals surface area contributed by atoms with E-state index in [1.165, 1.54) is 11.3 Å². The summed E-state index contributed by atoms with van der Waals surface area (Å²) in [5.74, 6) is -0.160. The molecule has 162 valence electrons. The van der Waals surface area contributed by atoms with Crippen LogP contribution in [0, 0.1) is 13.8 Å². The zero-order chi connectivity index (χ0) is 22.0. The normalized spacial score (nSPS) is 15.9. The highest BCUT2D eigenvalue weighted by Crippen LogP contribution is 2.23. The molecule has 8 heteroatoms. The van der Waals surface area contributed by atoms with Crippen LogP contribution in [0.15, 0.2) is 46.4 Å². The van der Waals surface area contributed by atoms with Gasteiger partial charge in [0.25, 0.3) is 5.91 Å². The summed E-state index contributed by atoms with van der Waals surface area (Å²) in [6.45, 7) is 4.48. The van der Waals surface area contributed by atoms with Gasteiger partial charge in [0.2, 0.25) is 5.78 Å². The second-order valence-corrected chi connectivity index (χ2v) is 8.56. The van der Waals surface area contributed by atoms with E-state index < -0.39 is 12.0 Å². The molecule has 4 rings (SSSR count). The van der Waals surface area contributed by atoms with Crippen molar-refractivity contribution < 1.29 is 23.5 Å². The zero-order valence-electron chi connectivity index (χ0n) is 17.5. The molecule has 0 bridgehead atoms. The first-order chi connectivity index (χ1) is 15.0. The second-order valence-electron chi connectivity index (χ2n) is 7.62. The van der Waals surface area contributed by atoms with Crippen LogP contribution in [0.4, 0.5) is 0 Å². The summed E-state index contributed by atoms with van der Waals surface area (Å²) in [5, 5.41) is 1.83. The summed E-state index contributed by atoms with van der Waals surface area (Å²) < 4.78 is 12.7. The Labute approximate surface area is 184 Å². The number of likely N-dealkylation sites (tertiary alicyclic amines) is 1. The SMILES string of the molecule is Cc1cc(C(=O)COC(=O)[C@@H]2CCCN2C(=O)c2cccs2)c(C)n1Cc1ccco1. The van der Waals surface area contributed by atoms with Crippen molar-refractivity contribution in [3.05, 3.63) is 69.6 Å². The summed E-state index contributed by atoms with van der Waals surface area (Å²) in [4.78, 5) is 40.2. The molecule has 4 heterocycles. The molecule has 0 N–H and O–H groups in total. The van der Waals surface area contributed by atoms with E-state index in [0.717, 1.165) is 23.6 Å². The molecule has 1 amide bonds. The van der Waals surface area contributed by atoms with Crippen molar-refractivity contribution in [1.82, 2.24) is 9.47 Å². The molecule has 1 aliphatic rings. The maximum Gasteiger partial charge on any atom is 0.329 e. The highest BCUT2D eigenvalue weighted by Gasteiger charge is 2.36. The van der Waals surface area contributed by atoms with E-state index in [1.807, 2.05) is 42.0 Å². The average molecular weight is 441 g/mol. The van der Waals surface area contributed by atoms with Crippen LogP contribution in [0.25, 0.3) is 0 Å². The molecule has 3 aromatic heterocycles. The highest BCUT2D eigenvalue weighted by molar-refractivity contribution is 7.12. The number of furan rings is 1. The first-order valence-electron chi connectivity index (χ1n) is 10.2. The Kier molecular flexibility index (Phi) is 6.08. The fraction of sp³-hybridized carbons (Fsp3) is 0.348. The van der Waals surface area contributed by atoms with Crippen molar-refractivity contribution in [3.8, 4) is 0 Å². The Balaban J connectivity index is 1.39. The van der Waals surface area contributed by atoms with E-state index >= 15 is 0 Å². The largest absolute Gasteiger partial charge is 0.467 e. The lowest BCUT2D eigenvalue weighted by molar-refractivity contribution is -0.147. The predicted molar refractivity (Wildman–Crippen MR) is 115 cm³/mol. The van der Waals surface area contributed by atoms with Crippen LogP contribution in [0.1, 0.15) is 50.0 Å². The van der Waals surface area contributed by atoms with Crippen molar-refractivity contribution in [2.75, 3.05) is 13.2 Å². The van der Waals surface area contributed by atoms with Crippen molar-refractivity contribution >= 4 is 29.0 Å². The smallest absolute Gasteiger partial charge is 0.329 e. The van der Waals surface area contributed by atoms with E-state index in [1.54, 1.807) is 23.3 Å². The Morgan fingerprint density at radius 3 is 2.77 bits per heavy atom. The second kappa shape index (κ2) is 8.93. The lowest BCUT2D eigenvalue weighted by atomic mass is 10.1. The van der Waals surface area contributed by atoms with Crippen molar-refractivity contribution in [2.24, 2.45) is 0 Å². The van der Waals surface area contributed by atoms with Gasteiger partial charge in [-0.3, -0.25) is 9.59 Å². The molecule has 7 nitrogen and oxygen atoms in total. The summed E-state index contributed by atoms with van der Waals surface area (Å²) >= 11 is 1.35. The first kappa shape index (κ1) is 21.1. The average Bonchev–Trinajstić information content (AvgIpc) is 3.56. The van der Waals surface area contributed by atoms with Crippen LogP contribution in [0.5, 0.6) is 0 Å². The van der Waals surface area contributed by atoms with Gasteiger partial charge in [0.05, 0.1) is 17.7 Å². The van der Waals surface area contributed by atoms with Crippen LogP contribution in [0.2, 0.25) is 0 Å². The third-order valence-electron chi connectivity index (χ3n) is 5.63. The fourth-order valence-electron chi connectivity index (χ4n) is 3.99. The highest BCUT2D eigenvalue weighted by atomic mass is 32.1. The predicted octanol–water partition coefficient (Wildman–Crippen LogP) is 3.84. The number of thiophene rings is 1. The van der Waals surface area contributed by atoms with Gasteiger partial charge in [0.15, 0.2) is 6.61 Å². The van der Waals surface area contributed by atoms with Gasteiger partial charge in [0, 0.05) is 23.5 Å². The Morgan fingerprint density at radius 1 is 1.23 bits per heavy atom. The Hall–Kier alpha value is -3.13. The number of esters is 1. The number of hydrogen-bond donors (Lipinski definition) is 0. The zero-order valence-corrected chi connectivity index (χ0v) is 18.3. The molecule has 1 aliphatic heterocycles. The molecular formula is C23H24N2O5S. The molecule has 0 saturated carbocycles. The maximum atomic E-state index is 12.8. The molecule has 0 aliphatic carbocycles. The number of amides is 1. The minimum Gasteiger partial charge on any atom is -0.467 e. The monoisotopic (exact) mass is 440 g/mol. The van der Waals surface area contributed by atoms with Gasteiger partial charge in [-0.25, -0.2) is 4.79 Å². The van der Waals surface area contributed by atoms with Gasteiger partial charge in [-0.05, 0) is 56.3 Å². The van der Waals surface area contributed by atoms with Crippen LogP contribution in [-0.4, -0.2) is 46.3 Å². The molecule has 31 heavy (non-hydrogen) atoms. The minimum atomic E-state index is -0.645. The minimum absolute atomic E-state index is 0.165. The number of ketones is 1.